The molecule has 0 amide bonds. The second-order valence-electron chi connectivity index (χ2n) is 17.1. The van der Waals surface area contributed by atoms with E-state index in [0.29, 0.717) is 50.0 Å². The summed E-state index contributed by atoms with van der Waals surface area (Å²) in [4.78, 5) is 25.6. The minimum atomic E-state index is -3.41. The predicted molar refractivity (Wildman–Crippen MR) is 271 cm³/mol. The van der Waals surface area contributed by atoms with Crippen molar-refractivity contribution in [2.45, 2.75) is 62.5 Å². The van der Waals surface area contributed by atoms with Crippen LogP contribution in [-0.2, 0) is 29.0 Å². The molecule has 0 aliphatic carbocycles. The van der Waals surface area contributed by atoms with Crippen LogP contribution in [-0.4, -0.2) is 77.6 Å². The van der Waals surface area contributed by atoms with Crippen LogP contribution < -0.4 is 27.6 Å². The molecule has 0 spiro atoms. The van der Waals surface area contributed by atoms with E-state index < -0.39 is 19.7 Å². The number of halogens is 1. The first-order valence-electron chi connectivity index (χ1n) is 21.1. The van der Waals surface area contributed by atoms with E-state index >= 15 is 0 Å². The zero-order valence-corrected chi connectivity index (χ0v) is 41.0. The highest BCUT2D eigenvalue weighted by molar-refractivity contribution is 7.91. The topological polar surface area (TPSA) is 240 Å². The van der Waals surface area contributed by atoms with Crippen LogP contribution >= 0.6 is 11.6 Å². The van der Waals surface area contributed by atoms with E-state index in [1.54, 1.807) is 36.9 Å². The molecule has 0 atom stereocenters. The van der Waals surface area contributed by atoms with Gasteiger partial charge in [0, 0.05) is 78.0 Å². The van der Waals surface area contributed by atoms with Gasteiger partial charge < -0.3 is 31.4 Å². The Kier molecular flexibility index (Phi) is 14.1. The van der Waals surface area contributed by atoms with E-state index in [0.717, 1.165) is 45.2 Å². The molecule has 20 heteroatoms. The summed E-state index contributed by atoms with van der Waals surface area (Å²) in [6, 6.07) is 21.6. The van der Waals surface area contributed by atoms with Crippen molar-refractivity contribution in [1.82, 2.24) is 29.9 Å². The molecule has 1 aliphatic rings. The van der Waals surface area contributed by atoms with Gasteiger partial charge in [0.25, 0.3) is 0 Å². The molecule has 350 valence electrons. The van der Waals surface area contributed by atoms with Gasteiger partial charge in [0.2, 0.25) is 0 Å². The number of nitrogens with zero attached hydrogens (tertiary/aromatic N) is 6. The molecule has 6 N–H and O–H groups in total. The Morgan fingerprint density at radius 3 is 1.56 bits per heavy atom. The highest BCUT2D eigenvalue weighted by Gasteiger charge is 2.52. The van der Waals surface area contributed by atoms with Gasteiger partial charge in [-0.05, 0) is 124 Å². The minimum absolute atomic E-state index is 0.165. The van der Waals surface area contributed by atoms with Crippen LogP contribution in [0.3, 0.4) is 0 Å². The molecule has 0 bridgehead atoms. The number of rotatable bonds is 8. The normalized spacial score (nSPS) is 14.1. The molecule has 1 aliphatic heterocycles. The lowest BCUT2D eigenvalue weighted by Crippen LogP contribution is -2.41. The standard InChI is InChI=1S/C21H19N5O2S.C14H11ClN4O2S.C13H20BNO2/c1-13-9-14(22)3-4-16(13)17-10-15(11-18-21(17)25-8-7-24-18)26-19-12-23-6-5-20(19)29(2,27)28;1-22(20,21)13-2-3-16-8-12(13)19-9-6-10(15)14-11(7-9)17-4-5-18-14;1-9-8-10(15)6-7-11(9)14-16-12(2,3)13(4,5)17-14/h3-12,26H,22H2,1-2H3;2-8,19H,1H3;6-8H,15H2,1-5H3. The van der Waals surface area contributed by atoms with Crippen LogP contribution in [0.1, 0.15) is 38.8 Å². The quantitative estimate of drug-likeness (QED) is 0.0825. The number of aryl methyl sites for hydroxylation is 2. The first kappa shape index (κ1) is 49.1. The molecule has 4 aromatic carbocycles. The van der Waals surface area contributed by atoms with Crippen LogP contribution in [0.25, 0.3) is 33.2 Å². The average molecular weight is 973 g/mol. The van der Waals surface area contributed by atoms with E-state index in [1.807, 2.05) is 62.4 Å². The fourth-order valence-electron chi connectivity index (χ4n) is 7.29. The van der Waals surface area contributed by atoms with Crippen molar-refractivity contribution < 1.29 is 26.1 Å². The molecule has 0 saturated carbocycles. The largest absolute Gasteiger partial charge is 0.495 e. The van der Waals surface area contributed by atoms with Crippen LogP contribution in [0.15, 0.2) is 132 Å². The van der Waals surface area contributed by atoms with E-state index in [2.05, 4.69) is 68.2 Å². The van der Waals surface area contributed by atoms with Gasteiger partial charge in [0.15, 0.2) is 19.7 Å². The number of hydrogen-bond acceptors (Lipinski definition) is 16. The number of anilines is 6. The molecule has 68 heavy (non-hydrogen) atoms. The van der Waals surface area contributed by atoms with E-state index in [1.165, 1.54) is 43.2 Å². The Morgan fingerprint density at radius 2 is 1.04 bits per heavy atom. The molecular weight excluding hydrogens is 923 g/mol. The fourth-order valence-corrected chi connectivity index (χ4v) is 9.17. The SMILES string of the molecule is CS(=O)(=O)c1ccncc1Nc1cc(Cl)c2nccnc2c1.Cc1cc(N)ccc1-c1cc(Nc2cnccc2S(C)(=O)=O)cc2nccnc12.Cc1cc(N)ccc1B1OC(C)(C)C(C)(C)O1. The zero-order chi connectivity index (χ0) is 49.2. The summed E-state index contributed by atoms with van der Waals surface area (Å²) in [5.74, 6) is 0. The Hall–Kier alpha value is -6.77. The molecule has 9 rings (SSSR count). The Bertz CT molecular complexity index is 3400. The van der Waals surface area contributed by atoms with Gasteiger partial charge >= 0.3 is 7.12 Å². The maximum Gasteiger partial charge on any atom is 0.495 e. The van der Waals surface area contributed by atoms with Crippen molar-refractivity contribution in [2.24, 2.45) is 0 Å². The second-order valence-corrected chi connectivity index (χ2v) is 21.5. The molecule has 8 aromatic rings. The number of nitrogen functional groups attached to an aromatic ring is 2. The van der Waals surface area contributed by atoms with E-state index in [-0.39, 0.29) is 28.1 Å². The second kappa shape index (κ2) is 19.5. The number of benzene rings is 4. The maximum atomic E-state index is 12.1. The summed E-state index contributed by atoms with van der Waals surface area (Å²) in [6.07, 6.45) is 14.5. The van der Waals surface area contributed by atoms with E-state index in [4.69, 9.17) is 32.4 Å². The summed E-state index contributed by atoms with van der Waals surface area (Å²) in [5, 5.41) is 6.62. The lowest BCUT2D eigenvalue weighted by molar-refractivity contribution is 0.00578. The maximum absolute atomic E-state index is 12.1. The molecular formula is C48H50BClN10O6S2. The van der Waals surface area contributed by atoms with Crippen LogP contribution in [0.4, 0.5) is 34.1 Å². The molecule has 4 aromatic heterocycles. The van der Waals surface area contributed by atoms with Gasteiger partial charge in [-0.25, -0.2) is 16.8 Å². The smallest absolute Gasteiger partial charge is 0.399 e. The number of aromatic nitrogens is 6. The highest BCUT2D eigenvalue weighted by atomic mass is 35.5. The van der Waals surface area contributed by atoms with Crippen LogP contribution in [0, 0.1) is 13.8 Å². The van der Waals surface area contributed by atoms with Crippen LogP contribution in [0.2, 0.25) is 5.02 Å². The summed E-state index contributed by atoms with van der Waals surface area (Å²) in [6.45, 7) is 12.2. The monoisotopic (exact) mass is 972 g/mol. The molecule has 1 fully saturated rings. The number of nitrogens with one attached hydrogen (secondary N) is 2. The minimum Gasteiger partial charge on any atom is -0.399 e. The number of pyridine rings is 2. The first-order valence-corrected chi connectivity index (χ1v) is 25.2. The number of fused-ring (bicyclic) bond motifs is 2. The van der Waals surface area contributed by atoms with Crippen molar-refractivity contribution in [3.63, 3.8) is 0 Å². The van der Waals surface area contributed by atoms with Crippen molar-refractivity contribution >= 4 is 100 Å². The molecule has 1 saturated heterocycles. The van der Waals surface area contributed by atoms with Crippen LogP contribution in [0.5, 0.6) is 0 Å². The predicted octanol–water partition coefficient (Wildman–Crippen LogP) is 8.43. The van der Waals surface area contributed by atoms with E-state index in [9.17, 15) is 16.8 Å². The third-order valence-electron chi connectivity index (χ3n) is 11.4. The number of sulfone groups is 2. The average Bonchev–Trinajstić information content (AvgIpc) is 3.48. The van der Waals surface area contributed by atoms with Gasteiger partial charge in [0.05, 0.1) is 66.3 Å². The summed E-state index contributed by atoms with van der Waals surface area (Å²) in [5.41, 5.74) is 22.2. The van der Waals surface area contributed by atoms with Crippen molar-refractivity contribution in [2.75, 3.05) is 34.6 Å². The Balaban J connectivity index is 0.000000157. The highest BCUT2D eigenvalue weighted by Crippen LogP contribution is 2.38. The molecule has 0 unspecified atom stereocenters. The fraction of sp³-hybridized carbons (Fsp3) is 0.208. The van der Waals surface area contributed by atoms with Gasteiger partial charge in [-0.1, -0.05) is 23.7 Å². The molecule has 0 radical (unpaired) electrons. The van der Waals surface area contributed by atoms with Crippen molar-refractivity contribution in [3.8, 4) is 11.1 Å². The Morgan fingerprint density at radius 1 is 0.574 bits per heavy atom. The van der Waals surface area contributed by atoms with Gasteiger partial charge in [-0.3, -0.25) is 29.9 Å². The Labute approximate surface area is 401 Å². The lowest BCUT2D eigenvalue weighted by Gasteiger charge is -2.32. The van der Waals surface area contributed by atoms with Gasteiger partial charge in [-0.15, -0.1) is 0 Å². The molecule has 5 heterocycles. The molecule has 16 nitrogen and oxygen atoms in total. The third-order valence-corrected chi connectivity index (χ3v) is 14.0. The summed E-state index contributed by atoms with van der Waals surface area (Å²) < 4.78 is 59.9. The number of nitrogens with two attached hydrogens (primary N) is 2. The summed E-state index contributed by atoms with van der Waals surface area (Å²) in [7, 11) is -7.09. The van der Waals surface area contributed by atoms with Gasteiger partial charge in [0.1, 0.15) is 5.52 Å². The zero-order valence-electron chi connectivity index (χ0n) is 38.6. The van der Waals surface area contributed by atoms with Gasteiger partial charge in [-0.2, -0.15) is 0 Å². The third kappa shape index (κ3) is 11.1. The first-order chi connectivity index (χ1) is 32.0. The lowest BCUT2D eigenvalue weighted by atomic mass is 9.76. The van der Waals surface area contributed by atoms with Crippen molar-refractivity contribution in [1.29, 1.82) is 0 Å². The number of hydrogen-bond donors (Lipinski definition) is 4. The summed E-state index contributed by atoms with van der Waals surface area (Å²) >= 11 is 6.18. The van der Waals surface area contributed by atoms with Crippen molar-refractivity contribution in [3.05, 3.63) is 139 Å².